The van der Waals surface area contributed by atoms with E-state index < -0.39 is 0 Å². The number of thiazole rings is 1. The molecule has 0 spiro atoms. The van der Waals surface area contributed by atoms with E-state index in [0.717, 1.165) is 21.5 Å². The highest BCUT2D eigenvalue weighted by Crippen LogP contribution is 2.27. The smallest absolute Gasteiger partial charge is 0.142 e. The van der Waals surface area contributed by atoms with E-state index in [9.17, 15) is 4.79 Å². The maximum atomic E-state index is 10.3. The summed E-state index contributed by atoms with van der Waals surface area (Å²) in [7, 11) is 0. The molecule has 0 aliphatic carbocycles. The lowest BCUT2D eigenvalue weighted by Crippen LogP contribution is -1.73. The topological polar surface area (TPSA) is 30.0 Å². The van der Waals surface area contributed by atoms with Crippen LogP contribution in [-0.2, 0) is 4.79 Å². The quantitative estimate of drug-likeness (QED) is 0.504. The van der Waals surface area contributed by atoms with E-state index >= 15 is 0 Å². The van der Waals surface area contributed by atoms with Gasteiger partial charge in [-0.1, -0.05) is 24.3 Å². The summed E-state index contributed by atoms with van der Waals surface area (Å²) >= 11 is 1.60. The lowest BCUT2D eigenvalue weighted by atomic mass is 10.1. The molecule has 82 valence electrons. The Morgan fingerprint density at radius 3 is 2.65 bits per heavy atom. The van der Waals surface area contributed by atoms with Crippen LogP contribution in [0.2, 0.25) is 0 Å². The average molecular weight is 239 g/mol. The SMILES string of the molecule is O=CC=Cc1nc2cc3ccccc3cc2s1. The minimum atomic E-state index is 0.766. The second kappa shape index (κ2) is 4.11. The van der Waals surface area contributed by atoms with Gasteiger partial charge in [0, 0.05) is 0 Å². The molecule has 0 N–H and O–H groups in total. The Morgan fingerprint density at radius 2 is 1.88 bits per heavy atom. The fourth-order valence-electron chi connectivity index (χ4n) is 1.82. The largest absolute Gasteiger partial charge is 0.299 e. The number of fused-ring (bicyclic) bond motifs is 2. The van der Waals surface area contributed by atoms with Gasteiger partial charge in [0.1, 0.15) is 11.3 Å². The monoisotopic (exact) mass is 239 g/mol. The van der Waals surface area contributed by atoms with E-state index in [4.69, 9.17) is 0 Å². The zero-order chi connectivity index (χ0) is 11.7. The number of carbonyl (C=O) groups is 1. The van der Waals surface area contributed by atoms with Crippen molar-refractivity contribution in [3.05, 3.63) is 47.5 Å². The first-order valence-electron chi connectivity index (χ1n) is 5.28. The lowest BCUT2D eigenvalue weighted by molar-refractivity contribution is -0.104. The van der Waals surface area contributed by atoms with Gasteiger partial charge in [0.15, 0.2) is 0 Å². The van der Waals surface area contributed by atoms with E-state index in [1.165, 1.54) is 16.8 Å². The molecule has 0 amide bonds. The van der Waals surface area contributed by atoms with Crippen molar-refractivity contribution in [2.24, 2.45) is 0 Å². The number of carbonyl (C=O) groups excluding carboxylic acids is 1. The lowest BCUT2D eigenvalue weighted by Gasteiger charge is -1.95. The minimum Gasteiger partial charge on any atom is -0.299 e. The third kappa shape index (κ3) is 1.85. The van der Waals surface area contributed by atoms with Gasteiger partial charge in [-0.15, -0.1) is 11.3 Å². The molecular formula is C14H9NOS. The van der Waals surface area contributed by atoms with Gasteiger partial charge in [-0.05, 0) is 35.1 Å². The fourth-order valence-corrected chi connectivity index (χ4v) is 2.73. The number of benzene rings is 2. The summed E-state index contributed by atoms with van der Waals surface area (Å²) in [6.07, 6.45) is 3.97. The number of hydrogen-bond donors (Lipinski definition) is 0. The molecule has 0 atom stereocenters. The van der Waals surface area contributed by atoms with E-state index in [1.807, 2.05) is 12.1 Å². The van der Waals surface area contributed by atoms with Gasteiger partial charge in [-0.25, -0.2) is 4.98 Å². The molecule has 1 heterocycles. The highest BCUT2D eigenvalue weighted by molar-refractivity contribution is 7.19. The normalized spacial score (nSPS) is 11.5. The molecule has 0 fully saturated rings. The molecule has 2 aromatic carbocycles. The summed E-state index contributed by atoms with van der Waals surface area (Å²) in [5.41, 5.74) is 0.985. The number of allylic oxidation sites excluding steroid dienone is 1. The van der Waals surface area contributed by atoms with Crippen molar-refractivity contribution in [1.82, 2.24) is 4.98 Å². The Labute approximate surface area is 102 Å². The number of aldehydes is 1. The third-order valence-electron chi connectivity index (χ3n) is 2.59. The van der Waals surface area contributed by atoms with Crippen LogP contribution in [0.5, 0.6) is 0 Å². The van der Waals surface area contributed by atoms with Crippen molar-refractivity contribution < 1.29 is 4.79 Å². The molecular weight excluding hydrogens is 230 g/mol. The zero-order valence-electron chi connectivity index (χ0n) is 8.96. The Kier molecular flexibility index (Phi) is 2.46. The van der Waals surface area contributed by atoms with Crippen molar-refractivity contribution in [2.75, 3.05) is 0 Å². The molecule has 0 saturated carbocycles. The van der Waals surface area contributed by atoms with Crippen LogP contribution in [0.1, 0.15) is 5.01 Å². The Hall–Kier alpha value is -2.00. The highest BCUT2D eigenvalue weighted by Gasteiger charge is 2.02. The van der Waals surface area contributed by atoms with Crippen LogP contribution >= 0.6 is 11.3 Å². The highest BCUT2D eigenvalue weighted by atomic mass is 32.1. The molecule has 3 heteroatoms. The number of aromatic nitrogens is 1. The summed E-state index contributed by atoms with van der Waals surface area (Å²) in [5, 5.41) is 3.27. The van der Waals surface area contributed by atoms with E-state index in [2.05, 4.69) is 29.2 Å². The Morgan fingerprint density at radius 1 is 1.12 bits per heavy atom. The fraction of sp³-hybridized carbons (Fsp3) is 0. The van der Waals surface area contributed by atoms with Crippen LogP contribution < -0.4 is 0 Å². The molecule has 3 aromatic rings. The average Bonchev–Trinajstić information content (AvgIpc) is 2.75. The van der Waals surface area contributed by atoms with Crippen LogP contribution in [0.15, 0.2) is 42.5 Å². The van der Waals surface area contributed by atoms with E-state index in [-0.39, 0.29) is 0 Å². The summed E-state index contributed by atoms with van der Waals surface area (Å²) in [4.78, 5) is 14.7. The molecule has 0 unspecified atom stereocenters. The van der Waals surface area contributed by atoms with Gasteiger partial charge in [-0.2, -0.15) is 0 Å². The van der Waals surface area contributed by atoms with Crippen molar-refractivity contribution in [3.8, 4) is 0 Å². The van der Waals surface area contributed by atoms with Crippen LogP contribution in [0, 0.1) is 0 Å². The van der Waals surface area contributed by atoms with Gasteiger partial charge in [0.25, 0.3) is 0 Å². The van der Waals surface area contributed by atoms with Crippen molar-refractivity contribution in [1.29, 1.82) is 0 Å². The van der Waals surface area contributed by atoms with Gasteiger partial charge in [-0.3, -0.25) is 4.79 Å². The van der Waals surface area contributed by atoms with Gasteiger partial charge >= 0.3 is 0 Å². The van der Waals surface area contributed by atoms with Crippen molar-refractivity contribution >= 4 is 44.7 Å². The zero-order valence-corrected chi connectivity index (χ0v) is 9.78. The first-order chi connectivity index (χ1) is 8.36. The Balaban J connectivity index is 2.24. The molecule has 0 saturated heterocycles. The number of nitrogens with zero attached hydrogens (tertiary/aromatic N) is 1. The number of hydrogen-bond acceptors (Lipinski definition) is 3. The molecule has 2 nitrogen and oxygen atoms in total. The molecule has 17 heavy (non-hydrogen) atoms. The maximum absolute atomic E-state index is 10.3. The second-order valence-corrected chi connectivity index (χ2v) is 4.78. The molecule has 0 bridgehead atoms. The maximum Gasteiger partial charge on any atom is 0.142 e. The van der Waals surface area contributed by atoms with Crippen LogP contribution in [0.3, 0.4) is 0 Å². The Bertz CT molecular complexity index is 675. The first kappa shape index (κ1) is 10.2. The molecule has 3 rings (SSSR count). The summed E-state index contributed by atoms with van der Waals surface area (Å²) < 4.78 is 1.15. The summed E-state index contributed by atoms with van der Waals surface area (Å²) in [6, 6.07) is 12.4. The van der Waals surface area contributed by atoms with Crippen LogP contribution in [-0.4, -0.2) is 11.3 Å². The van der Waals surface area contributed by atoms with Crippen molar-refractivity contribution in [3.63, 3.8) is 0 Å². The molecule has 1 aromatic heterocycles. The second-order valence-electron chi connectivity index (χ2n) is 3.71. The first-order valence-corrected chi connectivity index (χ1v) is 6.10. The van der Waals surface area contributed by atoms with Gasteiger partial charge in [0.2, 0.25) is 0 Å². The molecule has 0 radical (unpaired) electrons. The molecule has 0 aliphatic heterocycles. The third-order valence-corrected chi connectivity index (χ3v) is 3.57. The minimum absolute atomic E-state index is 0.766. The summed E-state index contributed by atoms with van der Waals surface area (Å²) in [5.74, 6) is 0. The van der Waals surface area contributed by atoms with Gasteiger partial charge in [0.05, 0.1) is 10.2 Å². The van der Waals surface area contributed by atoms with Crippen LogP contribution in [0.4, 0.5) is 0 Å². The van der Waals surface area contributed by atoms with E-state index in [0.29, 0.717) is 0 Å². The van der Waals surface area contributed by atoms with Crippen molar-refractivity contribution in [2.45, 2.75) is 0 Å². The number of rotatable bonds is 2. The van der Waals surface area contributed by atoms with Gasteiger partial charge < -0.3 is 0 Å². The predicted molar refractivity (Wildman–Crippen MR) is 72.2 cm³/mol. The predicted octanol–water partition coefficient (Wildman–Crippen LogP) is 3.66. The molecule has 0 aliphatic rings. The van der Waals surface area contributed by atoms with Crippen LogP contribution in [0.25, 0.3) is 27.1 Å². The summed E-state index contributed by atoms with van der Waals surface area (Å²) in [6.45, 7) is 0. The van der Waals surface area contributed by atoms with E-state index in [1.54, 1.807) is 17.4 Å². The standard InChI is InChI=1S/C14H9NOS/c16-7-3-6-14-15-12-8-10-4-1-2-5-11(10)9-13(12)17-14/h1-9H.